The number of halogens is 1. The van der Waals surface area contributed by atoms with Crippen LogP contribution < -0.4 is 10.5 Å². The Morgan fingerprint density at radius 1 is 1.45 bits per heavy atom. The van der Waals surface area contributed by atoms with Gasteiger partial charge in [-0.25, -0.2) is 17.5 Å². The topological polar surface area (TPSA) is 72.2 Å². The van der Waals surface area contributed by atoms with Crippen LogP contribution in [-0.4, -0.2) is 26.0 Å². The van der Waals surface area contributed by atoms with E-state index in [1.54, 1.807) is 18.7 Å². The van der Waals surface area contributed by atoms with Crippen molar-refractivity contribution in [3.05, 3.63) is 23.5 Å². The van der Waals surface area contributed by atoms with Crippen molar-refractivity contribution in [1.29, 1.82) is 0 Å². The summed E-state index contributed by atoms with van der Waals surface area (Å²) in [6, 6.07) is 2.33. The highest BCUT2D eigenvalue weighted by Crippen LogP contribution is 2.42. The largest absolute Gasteiger partial charge is 0.398 e. The Kier molecular flexibility index (Phi) is 4.32. The number of nitrogen functional groups attached to an aromatic ring is 1. The van der Waals surface area contributed by atoms with Gasteiger partial charge in [0.25, 0.3) is 0 Å². The first-order chi connectivity index (χ1) is 9.30. The number of benzene rings is 1. The number of hydrogen-bond donors (Lipinski definition) is 2. The average molecular weight is 318 g/mol. The van der Waals surface area contributed by atoms with Gasteiger partial charge in [0, 0.05) is 17.0 Å². The average Bonchev–Trinajstić information content (AvgIpc) is 2.32. The van der Waals surface area contributed by atoms with E-state index < -0.39 is 15.8 Å². The highest BCUT2D eigenvalue weighted by Gasteiger charge is 2.37. The molecule has 0 unspecified atom stereocenters. The molecular weight excluding hydrogens is 299 g/mol. The number of nitrogens with one attached hydrogen (secondary N) is 1. The summed E-state index contributed by atoms with van der Waals surface area (Å²) in [6.45, 7) is 1.96. The maximum absolute atomic E-state index is 13.8. The highest BCUT2D eigenvalue weighted by molar-refractivity contribution is 8.00. The van der Waals surface area contributed by atoms with Gasteiger partial charge in [-0.15, -0.1) is 0 Å². The zero-order valence-corrected chi connectivity index (χ0v) is 13.2. The van der Waals surface area contributed by atoms with Gasteiger partial charge in [-0.05, 0) is 43.7 Å². The van der Waals surface area contributed by atoms with Crippen LogP contribution in [0.5, 0.6) is 0 Å². The molecule has 1 aromatic rings. The summed E-state index contributed by atoms with van der Waals surface area (Å²) >= 11 is 1.66. The first-order valence-corrected chi connectivity index (χ1v) is 9.11. The number of aryl methyl sites for hydroxylation is 1. The van der Waals surface area contributed by atoms with E-state index in [4.69, 9.17) is 5.73 Å². The Balaban J connectivity index is 2.20. The van der Waals surface area contributed by atoms with Gasteiger partial charge in [0.15, 0.2) is 0 Å². The van der Waals surface area contributed by atoms with Crippen LogP contribution in [0.15, 0.2) is 17.0 Å². The maximum Gasteiger partial charge on any atom is 0.243 e. The van der Waals surface area contributed by atoms with Crippen LogP contribution in [0.1, 0.15) is 24.8 Å². The smallest absolute Gasteiger partial charge is 0.243 e. The minimum absolute atomic E-state index is 0.0419. The molecule has 0 amide bonds. The molecule has 0 radical (unpaired) electrons. The molecule has 112 valence electrons. The van der Waals surface area contributed by atoms with Crippen molar-refractivity contribution in [2.75, 3.05) is 18.5 Å². The Labute approximate surface area is 123 Å². The summed E-state index contributed by atoms with van der Waals surface area (Å²) in [6.07, 6.45) is 5.04. The van der Waals surface area contributed by atoms with E-state index in [2.05, 4.69) is 4.72 Å². The van der Waals surface area contributed by atoms with Crippen molar-refractivity contribution in [1.82, 2.24) is 4.72 Å². The standard InChI is InChI=1S/C13H19FN2O2S2/c1-9-6-10(14)12(7-11(9)15)20(17,18)16-8-13(19-2)4-3-5-13/h6-7,16H,3-5,8,15H2,1-2H3. The lowest BCUT2D eigenvalue weighted by Gasteiger charge is -2.40. The minimum Gasteiger partial charge on any atom is -0.398 e. The van der Waals surface area contributed by atoms with Crippen LogP contribution in [-0.2, 0) is 10.0 Å². The molecular formula is C13H19FN2O2S2. The molecule has 0 bridgehead atoms. The summed E-state index contributed by atoms with van der Waals surface area (Å²) in [7, 11) is -3.87. The van der Waals surface area contributed by atoms with Crippen LogP contribution in [0, 0.1) is 12.7 Å². The molecule has 1 aliphatic rings. The lowest BCUT2D eigenvalue weighted by atomic mass is 9.84. The number of rotatable bonds is 5. The molecule has 0 heterocycles. The molecule has 1 saturated carbocycles. The quantitative estimate of drug-likeness (QED) is 0.817. The Morgan fingerprint density at radius 3 is 2.60 bits per heavy atom. The van der Waals surface area contributed by atoms with Crippen LogP contribution in [0.3, 0.4) is 0 Å². The molecule has 1 aliphatic carbocycles. The molecule has 20 heavy (non-hydrogen) atoms. The lowest BCUT2D eigenvalue weighted by molar-refractivity contribution is 0.361. The van der Waals surface area contributed by atoms with Crippen LogP contribution >= 0.6 is 11.8 Å². The van der Waals surface area contributed by atoms with E-state index in [-0.39, 0.29) is 15.3 Å². The maximum atomic E-state index is 13.8. The number of sulfonamides is 1. The molecule has 7 heteroatoms. The summed E-state index contributed by atoms with van der Waals surface area (Å²) in [5.41, 5.74) is 6.47. The van der Waals surface area contributed by atoms with E-state index in [1.165, 1.54) is 6.07 Å². The predicted octanol–water partition coefficient (Wildman–Crippen LogP) is 2.28. The second kappa shape index (κ2) is 5.54. The van der Waals surface area contributed by atoms with Gasteiger partial charge in [-0.3, -0.25) is 0 Å². The molecule has 1 aromatic carbocycles. The molecule has 3 N–H and O–H groups in total. The molecule has 4 nitrogen and oxygen atoms in total. The van der Waals surface area contributed by atoms with Crippen molar-refractivity contribution in [2.45, 2.75) is 35.8 Å². The fourth-order valence-electron chi connectivity index (χ4n) is 2.20. The third-order valence-corrected chi connectivity index (χ3v) is 6.73. The van der Waals surface area contributed by atoms with E-state index in [0.29, 0.717) is 12.1 Å². The molecule has 2 rings (SSSR count). The van der Waals surface area contributed by atoms with Crippen molar-refractivity contribution in [3.8, 4) is 0 Å². The summed E-state index contributed by atoms with van der Waals surface area (Å²) < 4.78 is 40.7. The Hall–Kier alpha value is -0.790. The minimum atomic E-state index is -3.87. The Morgan fingerprint density at radius 2 is 2.10 bits per heavy atom. The van der Waals surface area contributed by atoms with E-state index in [9.17, 15) is 12.8 Å². The van der Waals surface area contributed by atoms with Gasteiger partial charge in [0.1, 0.15) is 10.7 Å². The fraction of sp³-hybridized carbons (Fsp3) is 0.538. The Bertz CT molecular complexity index is 608. The second-order valence-electron chi connectivity index (χ2n) is 5.20. The second-order valence-corrected chi connectivity index (χ2v) is 8.21. The summed E-state index contributed by atoms with van der Waals surface area (Å²) in [5, 5.41) is 0. The van der Waals surface area contributed by atoms with Gasteiger partial charge in [0.2, 0.25) is 10.0 Å². The summed E-state index contributed by atoms with van der Waals surface area (Å²) in [5.74, 6) is -0.768. The zero-order valence-electron chi connectivity index (χ0n) is 11.6. The molecule has 0 spiro atoms. The van der Waals surface area contributed by atoms with Gasteiger partial charge < -0.3 is 5.73 Å². The molecule has 0 saturated heterocycles. The first-order valence-electron chi connectivity index (χ1n) is 6.40. The molecule has 0 aliphatic heterocycles. The van der Waals surface area contributed by atoms with Crippen LogP contribution in [0.25, 0.3) is 0 Å². The lowest BCUT2D eigenvalue weighted by Crippen LogP contribution is -2.45. The normalized spacial score (nSPS) is 17.8. The third-order valence-electron chi connectivity index (χ3n) is 3.89. The van der Waals surface area contributed by atoms with Gasteiger partial charge >= 0.3 is 0 Å². The van der Waals surface area contributed by atoms with E-state index in [1.807, 2.05) is 6.26 Å². The molecule has 0 aromatic heterocycles. The number of hydrogen-bond acceptors (Lipinski definition) is 4. The molecule has 1 fully saturated rings. The number of thioether (sulfide) groups is 1. The van der Waals surface area contributed by atoms with Crippen molar-refractivity contribution in [3.63, 3.8) is 0 Å². The zero-order chi connectivity index (χ0) is 15.0. The molecule has 0 atom stereocenters. The van der Waals surface area contributed by atoms with E-state index >= 15 is 0 Å². The van der Waals surface area contributed by atoms with Crippen molar-refractivity contribution < 1.29 is 12.8 Å². The van der Waals surface area contributed by atoms with Crippen LogP contribution in [0.2, 0.25) is 0 Å². The first kappa shape index (κ1) is 15.6. The SMILES string of the molecule is CSC1(CNS(=O)(=O)c2cc(N)c(C)cc2F)CCC1. The van der Waals surface area contributed by atoms with Gasteiger partial charge in [-0.1, -0.05) is 6.42 Å². The van der Waals surface area contributed by atoms with Crippen molar-refractivity contribution >= 4 is 27.5 Å². The fourth-order valence-corrected chi connectivity index (χ4v) is 4.43. The van der Waals surface area contributed by atoms with Gasteiger partial charge in [0.05, 0.1) is 0 Å². The van der Waals surface area contributed by atoms with Crippen LogP contribution in [0.4, 0.5) is 10.1 Å². The predicted molar refractivity (Wildman–Crippen MR) is 80.8 cm³/mol. The summed E-state index contributed by atoms with van der Waals surface area (Å²) in [4.78, 5) is -0.379. The number of nitrogens with two attached hydrogens (primary N) is 1. The monoisotopic (exact) mass is 318 g/mol. The number of anilines is 1. The van der Waals surface area contributed by atoms with Gasteiger partial charge in [-0.2, -0.15) is 11.8 Å². The van der Waals surface area contributed by atoms with Crippen molar-refractivity contribution in [2.24, 2.45) is 0 Å². The third kappa shape index (κ3) is 2.94. The highest BCUT2D eigenvalue weighted by atomic mass is 32.2. The van der Waals surface area contributed by atoms with E-state index in [0.717, 1.165) is 25.3 Å².